The van der Waals surface area contributed by atoms with Crippen molar-refractivity contribution in [2.75, 3.05) is 18.0 Å². The summed E-state index contributed by atoms with van der Waals surface area (Å²) in [6.45, 7) is 6.52. The van der Waals surface area contributed by atoms with Crippen molar-refractivity contribution in [3.05, 3.63) is 88.4 Å². The fraction of sp³-hybridized carbons (Fsp3) is 0.310. The van der Waals surface area contributed by atoms with Gasteiger partial charge >= 0.3 is 0 Å². The normalized spacial score (nSPS) is 12.4. The van der Waals surface area contributed by atoms with Crippen LogP contribution in [0.25, 0.3) is 0 Å². The molecule has 0 radical (unpaired) electrons. The molecule has 1 N–H and O–H groups in total. The number of rotatable bonds is 10. The fourth-order valence-corrected chi connectivity index (χ4v) is 5.65. The molecule has 0 bridgehead atoms. The van der Waals surface area contributed by atoms with Crippen molar-refractivity contribution in [2.45, 2.75) is 50.7 Å². The Labute approximate surface area is 245 Å². The number of ether oxygens (including phenoxy) is 1. The lowest BCUT2D eigenvalue weighted by molar-refractivity contribution is -0.140. The second kappa shape index (κ2) is 12.9. The van der Waals surface area contributed by atoms with E-state index in [0.29, 0.717) is 21.4 Å². The number of nitrogens with zero attached hydrogens (tertiary/aromatic N) is 2. The summed E-state index contributed by atoms with van der Waals surface area (Å²) in [7, 11) is -2.71. The van der Waals surface area contributed by atoms with Gasteiger partial charge in [-0.2, -0.15) is 0 Å². The summed E-state index contributed by atoms with van der Waals surface area (Å²) in [4.78, 5) is 28.5. The number of nitrogens with one attached hydrogen (secondary N) is 1. The standard InChI is InChI=1S/C29H33Cl2N3O5S/c1-20(28(36)32-29(2,3)4)33(18-21-14-15-25(30)26(31)16-21)27(35)19-34(22-10-9-11-23(17-22)39-5)40(37,38)24-12-7-6-8-13-24/h6-17,20H,18-19H2,1-5H3,(H,32,36)/t20-/m0/s1. The van der Waals surface area contributed by atoms with Gasteiger partial charge in [0.05, 0.1) is 27.7 Å². The summed E-state index contributed by atoms with van der Waals surface area (Å²) in [6.07, 6.45) is 0. The van der Waals surface area contributed by atoms with Gasteiger partial charge in [0.2, 0.25) is 11.8 Å². The number of carbonyl (C=O) groups is 2. The highest BCUT2D eigenvalue weighted by Gasteiger charge is 2.33. The number of hydrogen-bond acceptors (Lipinski definition) is 5. The minimum absolute atomic E-state index is 0.00815. The first kappa shape index (κ1) is 31.3. The summed E-state index contributed by atoms with van der Waals surface area (Å²) >= 11 is 12.3. The van der Waals surface area contributed by atoms with Crippen LogP contribution in [0.3, 0.4) is 0 Å². The molecule has 0 spiro atoms. The van der Waals surface area contributed by atoms with Crippen LogP contribution in [-0.2, 0) is 26.2 Å². The molecular formula is C29H33Cl2N3O5S. The van der Waals surface area contributed by atoms with Crippen LogP contribution in [0.15, 0.2) is 77.7 Å². The monoisotopic (exact) mass is 605 g/mol. The minimum Gasteiger partial charge on any atom is -0.497 e. The third-order valence-electron chi connectivity index (χ3n) is 5.95. The maximum Gasteiger partial charge on any atom is 0.264 e. The molecule has 0 unspecified atom stereocenters. The zero-order valence-corrected chi connectivity index (χ0v) is 25.3. The third kappa shape index (κ3) is 7.90. The number of methoxy groups -OCH3 is 1. The lowest BCUT2D eigenvalue weighted by atomic mass is 10.1. The van der Waals surface area contributed by atoms with Crippen molar-refractivity contribution in [1.29, 1.82) is 0 Å². The van der Waals surface area contributed by atoms with Gasteiger partial charge in [0.15, 0.2) is 0 Å². The van der Waals surface area contributed by atoms with E-state index in [9.17, 15) is 18.0 Å². The number of hydrogen-bond donors (Lipinski definition) is 1. The number of anilines is 1. The SMILES string of the molecule is COc1cccc(N(CC(=O)N(Cc2ccc(Cl)c(Cl)c2)[C@@H](C)C(=O)NC(C)(C)C)S(=O)(=O)c2ccccc2)c1. The van der Waals surface area contributed by atoms with Gasteiger partial charge in [0.25, 0.3) is 10.0 Å². The van der Waals surface area contributed by atoms with Crippen LogP contribution in [0.4, 0.5) is 5.69 Å². The second-order valence-electron chi connectivity index (χ2n) is 10.2. The molecule has 0 saturated carbocycles. The van der Waals surface area contributed by atoms with Gasteiger partial charge in [0.1, 0.15) is 18.3 Å². The number of benzene rings is 3. The van der Waals surface area contributed by atoms with Crippen LogP contribution >= 0.6 is 23.2 Å². The van der Waals surface area contributed by atoms with Crippen LogP contribution in [0.2, 0.25) is 10.0 Å². The van der Waals surface area contributed by atoms with E-state index in [1.54, 1.807) is 61.5 Å². The smallest absolute Gasteiger partial charge is 0.264 e. The first-order valence-corrected chi connectivity index (χ1v) is 14.7. The summed E-state index contributed by atoms with van der Waals surface area (Å²) in [5.41, 5.74) is 0.308. The minimum atomic E-state index is -4.18. The lowest BCUT2D eigenvalue weighted by Gasteiger charge is -2.33. The second-order valence-corrected chi connectivity index (χ2v) is 12.9. The summed E-state index contributed by atoms with van der Waals surface area (Å²) in [5.74, 6) is -0.562. The van der Waals surface area contributed by atoms with Crippen LogP contribution in [-0.4, -0.2) is 50.4 Å². The number of carbonyl (C=O) groups excluding carboxylic acids is 2. The highest BCUT2D eigenvalue weighted by atomic mass is 35.5. The van der Waals surface area contributed by atoms with E-state index in [0.717, 1.165) is 4.31 Å². The topological polar surface area (TPSA) is 96.0 Å². The molecule has 0 aliphatic rings. The zero-order chi connectivity index (χ0) is 29.7. The quantitative estimate of drug-likeness (QED) is 0.328. The molecule has 11 heteroatoms. The van der Waals surface area contributed by atoms with Crippen LogP contribution in [0.1, 0.15) is 33.3 Å². The lowest BCUT2D eigenvalue weighted by Crippen LogP contribution is -2.54. The Morgan fingerprint density at radius 2 is 1.62 bits per heavy atom. The molecule has 8 nitrogen and oxygen atoms in total. The Kier molecular flexibility index (Phi) is 10.1. The summed E-state index contributed by atoms with van der Waals surface area (Å²) in [6, 6.07) is 18.2. The molecule has 3 rings (SSSR count). The predicted octanol–water partition coefficient (Wildman–Crippen LogP) is 5.53. The highest BCUT2D eigenvalue weighted by Crippen LogP contribution is 2.28. The van der Waals surface area contributed by atoms with Crippen molar-refractivity contribution in [3.63, 3.8) is 0 Å². The first-order valence-electron chi connectivity index (χ1n) is 12.5. The van der Waals surface area contributed by atoms with Gasteiger partial charge < -0.3 is 15.0 Å². The van der Waals surface area contributed by atoms with Crippen LogP contribution in [0.5, 0.6) is 5.75 Å². The van der Waals surface area contributed by atoms with E-state index in [1.165, 1.54) is 30.2 Å². The van der Waals surface area contributed by atoms with Crippen molar-refractivity contribution >= 4 is 50.7 Å². The first-order chi connectivity index (χ1) is 18.7. The Balaban J connectivity index is 2.06. The Morgan fingerprint density at radius 1 is 0.950 bits per heavy atom. The van der Waals surface area contributed by atoms with Gasteiger partial charge in [-0.05, 0) is 69.7 Å². The molecule has 214 valence electrons. The third-order valence-corrected chi connectivity index (χ3v) is 8.48. The van der Waals surface area contributed by atoms with Crippen molar-refractivity contribution in [2.24, 2.45) is 0 Å². The Bertz CT molecular complexity index is 1460. The van der Waals surface area contributed by atoms with Gasteiger partial charge in [-0.15, -0.1) is 0 Å². The molecule has 0 aliphatic carbocycles. The van der Waals surface area contributed by atoms with E-state index in [4.69, 9.17) is 27.9 Å². The summed E-state index contributed by atoms with van der Waals surface area (Å²) in [5, 5.41) is 3.53. The molecule has 3 aromatic rings. The molecule has 1 atom stereocenters. The van der Waals surface area contributed by atoms with Gasteiger partial charge in [-0.1, -0.05) is 53.5 Å². The average molecular weight is 607 g/mol. The fourth-order valence-electron chi connectivity index (χ4n) is 3.91. The Hall–Kier alpha value is -3.27. The van der Waals surface area contributed by atoms with Crippen molar-refractivity contribution in [3.8, 4) is 5.75 Å². The molecular weight excluding hydrogens is 573 g/mol. The predicted molar refractivity (Wildman–Crippen MR) is 158 cm³/mol. The maximum absolute atomic E-state index is 14.0. The Morgan fingerprint density at radius 3 is 2.23 bits per heavy atom. The molecule has 0 aliphatic heterocycles. The zero-order valence-electron chi connectivity index (χ0n) is 23.0. The van der Waals surface area contributed by atoms with Crippen molar-refractivity contribution in [1.82, 2.24) is 10.2 Å². The van der Waals surface area contributed by atoms with Crippen LogP contribution < -0.4 is 14.4 Å². The van der Waals surface area contributed by atoms with Gasteiger partial charge in [-0.25, -0.2) is 8.42 Å². The van der Waals surface area contributed by atoms with E-state index in [1.807, 2.05) is 20.8 Å². The number of sulfonamides is 1. The van der Waals surface area contributed by atoms with E-state index < -0.39 is 34.1 Å². The largest absolute Gasteiger partial charge is 0.497 e. The molecule has 3 aromatic carbocycles. The molecule has 0 saturated heterocycles. The maximum atomic E-state index is 14.0. The molecule has 0 heterocycles. The van der Waals surface area contributed by atoms with Crippen molar-refractivity contribution < 1.29 is 22.7 Å². The van der Waals surface area contributed by atoms with E-state index >= 15 is 0 Å². The molecule has 40 heavy (non-hydrogen) atoms. The van der Waals surface area contributed by atoms with E-state index in [2.05, 4.69) is 5.32 Å². The van der Waals surface area contributed by atoms with Gasteiger partial charge in [-0.3, -0.25) is 13.9 Å². The number of halogens is 2. The average Bonchev–Trinajstić information content (AvgIpc) is 2.91. The van der Waals surface area contributed by atoms with Crippen LogP contribution in [0, 0.1) is 0 Å². The molecule has 2 amide bonds. The highest BCUT2D eigenvalue weighted by molar-refractivity contribution is 7.92. The van der Waals surface area contributed by atoms with Gasteiger partial charge in [0, 0.05) is 18.2 Å². The molecule has 0 fully saturated rings. The molecule has 0 aromatic heterocycles. The number of amides is 2. The van der Waals surface area contributed by atoms with E-state index in [-0.39, 0.29) is 23.0 Å². The summed E-state index contributed by atoms with van der Waals surface area (Å²) < 4.78 is 34.0.